The quantitative estimate of drug-likeness (QED) is 0.601. The monoisotopic (exact) mass is 201 g/mol. The predicted octanol–water partition coefficient (Wildman–Crippen LogP) is 2.14. The number of aliphatic carboxylic acids is 1. The van der Waals surface area contributed by atoms with Crippen molar-refractivity contribution >= 4 is 29.1 Å². The molecule has 0 atom stereocenters. The third-order valence-corrected chi connectivity index (χ3v) is 2.87. The number of aryl methyl sites for hydroxylation is 1. The molecule has 0 aromatic carbocycles. The van der Waals surface area contributed by atoms with E-state index < -0.39 is 5.97 Å². The number of thioether (sulfide) groups is 1. The first kappa shape index (κ1) is 9.28. The molecule has 5 heteroatoms. The molecule has 1 N–H and O–H groups in total. The number of aromatic nitrogens is 1. The second kappa shape index (κ2) is 4.27. The van der Waals surface area contributed by atoms with Crippen LogP contribution in [0.4, 0.5) is 0 Å². The zero-order valence-electron chi connectivity index (χ0n) is 6.35. The minimum Gasteiger partial charge on any atom is -0.478 e. The number of rotatable bonds is 3. The average molecular weight is 201 g/mol. The lowest BCUT2D eigenvalue weighted by atomic mass is 10.6. The van der Waals surface area contributed by atoms with Gasteiger partial charge in [-0.05, 0) is 12.3 Å². The Bertz CT molecular complexity index is 306. The lowest BCUT2D eigenvalue weighted by molar-refractivity contribution is -0.131. The summed E-state index contributed by atoms with van der Waals surface area (Å²) in [7, 11) is 0. The molecule has 64 valence electrons. The highest BCUT2D eigenvalue weighted by molar-refractivity contribution is 8.03. The minimum atomic E-state index is -0.934. The molecule has 1 rings (SSSR count). The Hall–Kier alpha value is -0.810. The highest BCUT2D eigenvalue weighted by atomic mass is 32.2. The molecular weight excluding hydrogens is 194 g/mol. The molecule has 3 nitrogen and oxygen atoms in total. The van der Waals surface area contributed by atoms with Gasteiger partial charge in [-0.1, -0.05) is 11.8 Å². The SMILES string of the molecule is Cc1csc(SC=CC(=O)O)n1. The van der Waals surface area contributed by atoms with E-state index >= 15 is 0 Å². The first-order valence-electron chi connectivity index (χ1n) is 3.17. The van der Waals surface area contributed by atoms with Crippen LogP contribution in [0, 0.1) is 6.92 Å². The van der Waals surface area contributed by atoms with E-state index in [1.54, 1.807) is 0 Å². The summed E-state index contributed by atoms with van der Waals surface area (Å²) >= 11 is 2.82. The van der Waals surface area contributed by atoms with E-state index in [4.69, 9.17) is 5.11 Å². The number of nitrogens with zero attached hydrogens (tertiary/aromatic N) is 1. The fourth-order valence-corrected chi connectivity index (χ4v) is 2.09. The van der Waals surface area contributed by atoms with Gasteiger partial charge in [0, 0.05) is 17.2 Å². The summed E-state index contributed by atoms with van der Waals surface area (Å²) in [6, 6.07) is 0. The standard InChI is InChI=1S/C7H7NO2S2/c1-5-4-12-7(8-5)11-3-2-6(9)10/h2-4H,1H3,(H,9,10). The maximum absolute atomic E-state index is 10.1. The van der Waals surface area contributed by atoms with E-state index in [0.29, 0.717) is 0 Å². The molecule has 1 heterocycles. The third-order valence-electron chi connectivity index (χ3n) is 0.977. The summed E-state index contributed by atoms with van der Waals surface area (Å²) in [5.41, 5.74) is 0.964. The molecule has 0 unspecified atom stereocenters. The zero-order valence-corrected chi connectivity index (χ0v) is 7.98. The van der Waals surface area contributed by atoms with Crippen LogP contribution in [0.15, 0.2) is 21.2 Å². The molecule has 0 saturated heterocycles. The van der Waals surface area contributed by atoms with Crippen molar-refractivity contribution < 1.29 is 9.90 Å². The largest absolute Gasteiger partial charge is 0.478 e. The molecule has 0 bridgehead atoms. The fourth-order valence-electron chi connectivity index (χ4n) is 0.537. The maximum atomic E-state index is 10.1. The average Bonchev–Trinajstić information content (AvgIpc) is 2.35. The summed E-state index contributed by atoms with van der Waals surface area (Å²) < 4.78 is 0.866. The smallest absolute Gasteiger partial charge is 0.328 e. The summed E-state index contributed by atoms with van der Waals surface area (Å²) in [6.45, 7) is 1.90. The van der Waals surface area contributed by atoms with Crippen LogP contribution in [-0.2, 0) is 4.79 Å². The molecule has 0 aliphatic heterocycles. The van der Waals surface area contributed by atoms with Crippen molar-refractivity contribution in [3.05, 3.63) is 22.6 Å². The van der Waals surface area contributed by atoms with Crippen LogP contribution < -0.4 is 0 Å². The first-order chi connectivity index (χ1) is 5.68. The number of carbonyl (C=O) groups is 1. The number of carboxylic acids is 1. The Morgan fingerprint density at radius 1 is 1.83 bits per heavy atom. The van der Waals surface area contributed by atoms with E-state index in [1.807, 2.05) is 12.3 Å². The Kier molecular flexibility index (Phi) is 3.31. The van der Waals surface area contributed by atoms with Crippen LogP contribution in [-0.4, -0.2) is 16.1 Å². The highest BCUT2D eigenvalue weighted by Gasteiger charge is 1.95. The zero-order chi connectivity index (χ0) is 8.97. The van der Waals surface area contributed by atoms with Crippen molar-refractivity contribution in [1.29, 1.82) is 0 Å². The molecule has 0 aliphatic carbocycles. The Balaban J connectivity index is 2.48. The molecule has 0 radical (unpaired) electrons. The summed E-state index contributed by atoms with van der Waals surface area (Å²) in [5.74, 6) is -0.934. The van der Waals surface area contributed by atoms with Gasteiger partial charge in [-0.25, -0.2) is 9.78 Å². The molecule has 1 aromatic heterocycles. The summed E-state index contributed by atoms with van der Waals surface area (Å²) in [4.78, 5) is 14.2. The van der Waals surface area contributed by atoms with E-state index in [-0.39, 0.29) is 0 Å². The molecule has 1 aromatic rings. The Morgan fingerprint density at radius 2 is 2.58 bits per heavy atom. The van der Waals surface area contributed by atoms with Crippen LogP contribution >= 0.6 is 23.1 Å². The Morgan fingerprint density at radius 3 is 3.08 bits per heavy atom. The molecule has 0 amide bonds. The van der Waals surface area contributed by atoms with Crippen LogP contribution in [0.25, 0.3) is 0 Å². The second-order valence-electron chi connectivity index (χ2n) is 2.01. The van der Waals surface area contributed by atoms with Crippen molar-refractivity contribution in [2.24, 2.45) is 0 Å². The van der Waals surface area contributed by atoms with Crippen LogP contribution in [0.2, 0.25) is 0 Å². The number of hydrogen-bond acceptors (Lipinski definition) is 4. The molecular formula is C7H7NO2S2. The van der Waals surface area contributed by atoms with Gasteiger partial charge in [0.15, 0.2) is 4.34 Å². The van der Waals surface area contributed by atoms with Crippen LogP contribution in [0.1, 0.15) is 5.69 Å². The van der Waals surface area contributed by atoms with Crippen LogP contribution in [0.3, 0.4) is 0 Å². The fraction of sp³-hybridized carbons (Fsp3) is 0.143. The van der Waals surface area contributed by atoms with Crippen molar-refractivity contribution in [1.82, 2.24) is 4.98 Å². The highest BCUT2D eigenvalue weighted by Crippen LogP contribution is 2.22. The van der Waals surface area contributed by atoms with Gasteiger partial charge >= 0.3 is 5.97 Å². The summed E-state index contributed by atoms with van der Waals surface area (Å²) in [5, 5.41) is 11.7. The van der Waals surface area contributed by atoms with Gasteiger partial charge in [0.05, 0.1) is 0 Å². The van der Waals surface area contributed by atoms with Crippen molar-refractivity contribution in [3.8, 4) is 0 Å². The summed E-state index contributed by atoms with van der Waals surface area (Å²) in [6.07, 6.45) is 1.10. The van der Waals surface area contributed by atoms with E-state index in [0.717, 1.165) is 16.1 Å². The predicted molar refractivity (Wildman–Crippen MR) is 49.5 cm³/mol. The maximum Gasteiger partial charge on any atom is 0.328 e. The number of hydrogen-bond donors (Lipinski definition) is 1. The first-order valence-corrected chi connectivity index (χ1v) is 4.92. The molecule has 12 heavy (non-hydrogen) atoms. The van der Waals surface area contributed by atoms with Crippen LogP contribution in [0.5, 0.6) is 0 Å². The normalized spacial score (nSPS) is 10.8. The van der Waals surface area contributed by atoms with Gasteiger partial charge in [0.2, 0.25) is 0 Å². The second-order valence-corrected chi connectivity index (χ2v) is 4.02. The third kappa shape index (κ3) is 3.06. The molecule has 0 aliphatic rings. The van der Waals surface area contributed by atoms with Gasteiger partial charge in [-0.2, -0.15) is 0 Å². The molecule has 0 fully saturated rings. The van der Waals surface area contributed by atoms with E-state index in [2.05, 4.69) is 4.98 Å². The van der Waals surface area contributed by atoms with Crippen molar-refractivity contribution in [2.45, 2.75) is 11.3 Å². The van der Waals surface area contributed by atoms with Gasteiger partial charge in [0.1, 0.15) is 0 Å². The lowest BCUT2D eigenvalue weighted by Gasteiger charge is -1.83. The van der Waals surface area contributed by atoms with Crippen molar-refractivity contribution in [3.63, 3.8) is 0 Å². The van der Waals surface area contributed by atoms with Gasteiger partial charge in [-0.3, -0.25) is 0 Å². The van der Waals surface area contributed by atoms with E-state index in [1.165, 1.54) is 28.5 Å². The number of carboxylic acid groups (broad SMARTS) is 1. The molecule has 0 spiro atoms. The van der Waals surface area contributed by atoms with E-state index in [9.17, 15) is 4.79 Å². The lowest BCUT2D eigenvalue weighted by Crippen LogP contribution is -1.84. The van der Waals surface area contributed by atoms with Gasteiger partial charge < -0.3 is 5.11 Å². The minimum absolute atomic E-state index is 0.866. The van der Waals surface area contributed by atoms with Gasteiger partial charge in [0.25, 0.3) is 0 Å². The van der Waals surface area contributed by atoms with Gasteiger partial charge in [-0.15, -0.1) is 11.3 Å². The molecule has 0 saturated carbocycles. The Labute approximate surface area is 78.1 Å². The number of thiazole rings is 1. The topological polar surface area (TPSA) is 50.2 Å². The van der Waals surface area contributed by atoms with Crippen molar-refractivity contribution in [2.75, 3.05) is 0 Å².